The van der Waals surface area contributed by atoms with E-state index in [4.69, 9.17) is 16.7 Å². The van der Waals surface area contributed by atoms with E-state index in [1.165, 1.54) is 12.1 Å². The van der Waals surface area contributed by atoms with Gasteiger partial charge >= 0.3 is 12.0 Å². The number of carbonyl (C=O) groups is 2. The highest BCUT2D eigenvalue weighted by Gasteiger charge is 2.26. The van der Waals surface area contributed by atoms with Gasteiger partial charge < -0.3 is 15.7 Å². The van der Waals surface area contributed by atoms with Gasteiger partial charge in [-0.1, -0.05) is 11.6 Å². The number of carbonyl (C=O) groups excluding carboxylic acids is 1. The molecule has 5 nitrogen and oxygen atoms in total. The molecule has 0 heterocycles. The summed E-state index contributed by atoms with van der Waals surface area (Å²) >= 11 is 5.56. The molecule has 1 saturated carbocycles. The first-order chi connectivity index (χ1) is 9.95. The van der Waals surface area contributed by atoms with Crippen LogP contribution in [0.3, 0.4) is 0 Å². The Balaban J connectivity index is 1.82. The standard InChI is InChI=1S/C14H16ClFN2O3/c15-11-6-5-10(7-12(11)16)18-14(21)17-9-3-1-8(2-4-9)13(19)20/h5-9H,1-4H2,(H,19,20)(H2,17,18,21). The maximum absolute atomic E-state index is 13.2. The molecule has 1 fully saturated rings. The Bertz CT molecular complexity index is 545. The molecule has 3 N–H and O–H groups in total. The van der Waals surface area contributed by atoms with Gasteiger partial charge in [0.2, 0.25) is 0 Å². The summed E-state index contributed by atoms with van der Waals surface area (Å²) in [6, 6.07) is 3.52. The zero-order chi connectivity index (χ0) is 15.4. The van der Waals surface area contributed by atoms with E-state index in [1.807, 2.05) is 0 Å². The summed E-state index contributed by atoms with van der Waals surface area (Å²) in [6.45, 7) is 0. The monoisotopic (exact) mass is 314 g/mol. The number of aliphatic carboxylic acids is 1. The number of hydrogen-bond acceptors (Lipinski definition) is 2. The first kappa shape index (κ1) is 15.6. The number of urea groups is 1. The van der Waals surface area contributed by atoms with Crippen LogP contribution in [0.15, 0.2) is 18.2 Å². The number of carboxylic acid groups (broad SMARTS) is 1. The molecule has 0 atom stereocenters. The molecule has 1 aliphatic carbocycles. The van der Waals surface area contributed by atoms with Gasteiger partial charge in [0.05, 0.1) is 10.9 Å². The normalized spacial score (nSPS) is 21.6. The Morgan fingerprint density at radius 1 is 1.24 bits per heavy atom. The first-order valence-electron chi connectivity index (χ1n) is 6.71. The molecular formula is C14H16ClFN2O3. The number of hydrogen-bond donors (Lipinski definition) is 3. The molecule has 1 aromatic carbocycles. The summed E-state index contributed by atoms with van der Waals surface area (Å²) in [4.78, 5) is 22.6. The molecule has 0 spiro atoms. The van der Waals surface area contributed by atoms with Gasteiger partial charge in [-0.15, -0.1) is 0 Å². The number of benzene rings is 1. The molecule has 1 aromatic rings. The molecule has 0 unspecified atom stereocenters. The molecule has 0 aliphatic heterocycles. The summed E-state index contributed by atoms with van der Waals surface area (Å²) in [5.41, 5.74) is 0.314. The van der Waals surface area contributed by atoms with Gasteiger partial charge in [0.1, 0.15) is 5.82 Å². The Hall–Kier alpha value is -1.82. The minimum absolute atomic E-state index is 0.00653. The average molecular weight is 315 g/mol. The molecule has 21 heavy (non-hydrogen) atoms. The lowest BCUT2D eigenvalue weighted by atomic mass is 9.86. The second-order valence-corrected chi connectivity index (χ2v) is 5.52. The van der Waals surface area contributed by atoms with E-state index in [0.29, 0.717) is 31.4 Å². The number of rotatable bonds is 3. The Morgan fingerprint density at radius 3 is 2.48 bits per heavy atom. The second-order valence-electron chi connectivity index (χ2n) is 5.11. The third-order valence-corrected chi connectivity index (χ3v) is 3.90. The lowest BCUT2D eigenvalue weighted by Crippen LogP contribution is -2.40. The molecule has 114 valence electrons. The summed E-state index contributed by atoms with van der Waals surface area (Å²) in [6.07, 6.45) is 2.35. The van der Waals surface area contributed by atoms with Crippen molar-refractivity contribution in [1.82, 2.24) is 5.32 Å². The van der Waals surface area contributed by atoms with Crippen molar-refractivity contribution in [2.75, 3.05) is 5.32 Å². The van der Waals surface area contributed by atoms with Crippen molar-refractivity contribution in [2.45, 2.75) is 31.7 Å². The summed E-state index contributed by atoms with van der Waals surface area (Å²) < 4.78 is 13.2. The fourth-order valence-electron chi connectivity index (χ4n) is 2.41. The largest absolute Gasteiger partial charge is 0.481 e. The summed E-state index contributed by atoms with van der Waals surface area (Å²) in [7, 11) is 0. The SMILES string of the molecule is O=C(Nc1ccc(Cl)c(F)c1)NC1CCC(C(=O)O)CC1. The van der Waals surface area contributed by atoms with Crippen LogP contribution in [0, 0.1) is 11.7 Å². The molecule has 0 saturated heterocycles. The molecule has 2 amide bonds. The molecule has 2 rings (SSSR count). The topological polar surface area (TPSA) is 78.4 Å². The smallest absolute Gasteiger partial charge is 0.319 e. The summed E-state index contributed by atoms with van der Waals surface area (Å²) in [5.74, 6) is -1.71. The number of halogens is 2. The molecule has 7 heteroatoms. The van der Waals surface area contributed by atoms with Crippen molar-refractivity contribution in [3.63, 3.8) is 0 Å². The van der Waals surface area contributed by atoms with Gasteiger partial charge in [0.25, 0.3) is 0 Å². The van der Waals surface area contributed by atoms with Gasteiger partial charge in [0.15, 0.2) is 0 Å². The van der Waals surface area contributed by atoms with Crippen LogP contribution >= 0.6 is 11.6 Å². The van der Waals surface area contributed by atoms with Crippen molar-refractivity contribution < 1.29 is 19.1 Å². The van der Waals surface area contributed by atoms with E-state index in [9.17, 15) is 14.0 Å². The zero-order valence-electron chi connectivity index (χ0n) is 11.2. The van der Waals surface area contributed by atoms with Crippen molar-refractivity contribution in [3.05, 3.63) is 29.0 Å². The zero-order valence-corrected chi connectivity index (χ0v) is 12.0. The average Bonchev–Trinajstić information content (AvgIpc) is 2.43. The van der Waals surface area contributed by atoms with Crippen molar-refractivity contribution in [2.24, 2.45) is 5.92 Å². The Labute approximate surface area is 126 Å². The van der Waals surface area contributed by atoms with Gasteiger partial charge in [-0.2, -0.15) is 0 Å². The van der Waals surface area contributed by atoms with E-state index in [-0.39, 0.29) is 17.0 Å². The highest BCUT2D eigenvalue weighted by Crippen LogP contribution is 2.24. The molecule has 0 radical (unpaired) electrons. The van der Waals surface area contributed by atoms with Gasteiger partial charge in [-0.25, -0.2) is 9.18 Å². The maximum Gasteiger partial charge on any atom is 0.319 e. The van der Waals surface area contributed by atoms with Crippen LogP contribution < -0.4 is 10.6 Å². The van der Waals surface area contributed by atoms with Crippen molar-refractivity contribution in [1.29, 1.82) is 0 Å². The Morgan fingerprint density at radius 2 is 1.90 bits per heavy atom. The second kappa shape index (κ2) is 6.76. The van der Waals surface area contributed by atoms with Crippen LogP contribution in [0.5, 0.6) is 0 Å². The van der Waals surface area contributed by atoms with Gasteiger partial charge in [-0.3, -0.25) is 4.79 Å². The predicted molar refractivity (Wildman–Crippen MR) is 76.9 cm³/mol. The number of carboxylic acids is 1. The highest BCUT2D eigenvalue weighted by atomic mass is 35.5. The van der Waals surface area contributed by atoms with Crippen LogP contribution in [-0.2, 0) is 4.79 Å². The van der Waals surface area contributed by atoms with Gasteiger partial charge in [-0.05, 0) is 43.9 Å². The van der Waals surface area contributed by atoms with Gasteiger partial charge in [0, 0.05) is 11.7 Å². The summed E-state index contributed by atoms with van der Waals surface area (Å²) in [5, 5.41) is 14.2. The predicted octanol–water partition coefficient (Wildman–Crippen LogP) is 3.24. The highest BCUT2D eigenvalue weighted by molar-refractivity contribution is 6.30. The molecule has 0 bridgehead atoms. The fourth-order valence-corrected chi connectivity index (χ4v) is 2.53. The number of anilines is 1. The van der Waals surface area contributed by atoms with Crippen molar-refractivity contribution >= 4 is 29.3 Å². The van der Waals surface area contributed by atoms with Crippen LogP contribution in [-0.4, -0.2) is 23.1 Å². The van der Waals surface area contributed by atoms with E-state index in [0.717, 1.165) is 6.07 Å². The van der Waals surface area contributed by atoms with E-state index in [1.54, 1.807) is 0 Å². The fraction of sp³-hybridized carbons (Fsp3) is 0.429. The van der Waals surface area contributed by atoms with Crippen LogP contribution in [0.4, 0.5) is 14.9 Å². The van der Waals surface area contributed by atoms with E-state index >= 15 is 0 Å². The van der Waals surface area contributed by atoms with Crippen LogP contribution in [0.2, 0.25) is 5.02 Å². The van der Waals surface area contributed by atoms with Crippen LogP contribution in [0.1, 0.15) is 25.7 Å². The van der Waals surface area contributed by atoms with E-state index in [2.05, 4.69) is 10.6 Å². The third-order valence-electron chi connectivity index (χ3n) is 3.59. The quantitative estimate of drug-likeness (QED) is 0.801. The lowest BCUT2D eigenvalue weighted by molar-refractivity contribution is -0.142. The molecular weight excluding hydrogens is 299 g/mol. The Kier molecular flexibility index (Phi) is 5.01. The van der Waals surface area contributed by atoms with E-state index < -0.39 is 17.8 Å². The van der Waals surface area contributed by atoms with Crippen molar-refractivity contribution in [3.8, 4) is 0 Å². The van der Waals surface area contributed by atoms with Crippen LogP contribution in [0.25, 0.3) is 0 Å². The minimum atomic E-state index is -0.783. The molecule has 1 aliphatic rings. The minimum Gasteiger partial charge on any atom is -0.481 e. The number of nitrogens with one attached hydrogen (secondary N) is 2. The maximum atomic E-state index is 13.2. The third kappa shape index (κ3) is 4.32. The molecule has 0 aromatic heterocycles. The number of amides is 2. The lowest BCUT2D eigenvalue weighted by Gasteiger charge is -2.26. The first-order valence-corrected chi connectivity index (χ1v) is 7.09.